The topological polar surface area (TPSA) is 57.8 Å². The van der Waals surface area contributed by atoms with Gasteiger partial charge in [-0.3, -0.25) is 9.89 Å². The van der Waals surface area contributed by atoms with Crippen LogP contribution in [0.25, 0.3) is 10.9 Å². The second-order valence-electron chi connectivity index (χ2n) is 3.48. The number of carbonyl (C=O) groups is 1. The average Bonchev–Trinajstić information content (AvgIpc) is 2.75. The van der Waals surface area contributed by atoms with Gasteiger partial charge in [-0.25, -0.2) is 0 Å². The number of anilines is 1. The third-order valence-electron chi connectivity index (χ3n) is 2.29. The molecule has 2 N–H and O–H groups in total. The molecule has 1 aromatic heterocycles. The first-order valence-corrected chi connectivity index (χ1v) is 5.62. The van der Waals surface area contributed by atoms with E-state index < -0.39 is 0 Å². The zero-order valence-corrected chi connectivity index (χ0v) is 9.42. The number of nitrogens with zero attached hydrogens (tertiary/aromatic N) is 1. The van der Waals surface area contributed by atoms with Crippen LogP contribution in [0.2, 0.25) is 0 Å². The van der Waals surface area contributed by atoms with Gasteiger partial charge in [0.15, 0.2) is 0 Å². The number of para-hydroxylation sites is 1. The number of amides is 1. The third kappa shape index (κ3) is 2.33. The molecule has 1 amide bonds. The minimum absolute atomic E-state index is 0.0252. The van der Waals surface area contributed by atoms with E-state index in [4.69, 9.17) is 11.6 Å². The summed E-state index contributed by atoms with van der Waals surface area (Å²) < 4.78 is 0. The van der Waals surface area contributed by atoms with Crippen LogP contribution in [-0.4, -0.2) is 22.0 Å². The molecule has 0 aliphatic rings. The summed E-state index contributed by atoms with van der Waals surface area (Å²) in [5.74, 6) is 0.476. The summed E-state index contributed by atoms with van der Waals surface area (Å²) in [4.78, 5) is 11.5. The second-order valence-corrected chi connectivity index (χ2v) is 3.86. The zero-order chi connectivity index (χ0) is 11.4. The molecule has 0 aliphatic heterocycles. The lowest BCUT2D eigenvalue weighted by molar-refractivity contribution is -0.116. The van der Waals surface area contributed by atoms with E-state index in [1.54, 1.807) is 6.20 Å². The Morgan fingerprint density at radius 1 is 1.50 bits per heavy atom. The Morgan fingerprint density at radius 2 is 2.38 bits per heavy atom. The first kappa shape index (κ1) is 11.0. The van der Waals surface area contributed by atoms with Crippen LogP contribution in [0.3, 0.4) is 0 Å². The SMILES string of the molecule is O=C(CCCCl)Nc1cccc2cn[nH]c12. The molecule has 1 heterocycles. The number of hydrogen-bond donors (Lipinski definition) is 2. The number of aromatic amines is 1. The van der Waals surface area contributed by atoms with E-state index in [-0.39, 0.29) is 5.91 Å². The Kier molecular flexibility index (Phi) is 3.41. The lowest BCUT2D eigenvalue weighted by atomic mass is 10.2. The number of hydrogen-bond acceptors (Lipinski definition) is 2. The van der Waals surface area contributed by atoms with Gasteiger partial charge >= 0.3 is 0 Å². The predicted octanol–water partition coefficient (Wildman–Crippen LogP) is 2.52. The van der Waals surface area contributed by atoms with E-state index in [0.29, 0.717) is 18.7 Å². The molecule has 1 aromatic carbocycles. The molecule has 0 fully saturated rings. The summed E-state index contributed by atoms with van der Waals surface area (Å²) in [5, 5.41) is 10.6. The van der Waals surface area contributed by atoms with Crippen molar-refractivity contribution >= 4 is 34.1 Å². The van der Waals surface area contributed by atoms with Crippen molar-refractivity contribution in [3.05, 3.63) is 24.4 Å². The maximum Gasteiger partial charge on any atom is 0.224 e. The molecule has 5 heteroatoms. The number of carbonyl (C=O) groups excluding carboxylic acids is 1. The molecular formula is C11H12ClN3O. The number of fused-ring (bicyclic) bond motifs is 1. The average molecular weight is 238 g/mol. The van der Waals surface area contributed by atoms with E-state index in [9.17, 15) is 4.79 Å². The fourth-order valence-corrected chi connectivity index (χ4v) is 1.65. The van der Waals surface area contributed by atoms with E-state index in [2.05, 4.69) is 15.5 Å². The number of benzene rings is 1. The number of halogens is 1. The maximum absolute atomic E-state index is 11.5. The number of alkyl halides is 1. The van der Waals surface area contributed by atoms with Crippen molar-refractivity contribution < 1.29 is 4.79 Å². The Labute approximate surface area is 98.0 Å². The number of nitrogens with one attached hydrogen (secondary N) is 2. The molecule has 0 atom stereocenters. The molecule has 2 aromatic rings. The summed E-state index contributed by atoms with van der Waals surface area (Å²) in [6.45, 7) is 0. The minimum atomic E-state index is -0.0252. The van der Waals surface area contributed by atoms with Gasteiger partial charge in [-0.15, -0.1) is 11.6 Å². The van der Waals surface area contributed by atoms with Gasteiger partial charge in [0, 0.05) is 17.7 Å². The van der Waals surface area contributed by atoms with Gasteiger partial charge in [-0.2, -0.15) is 5.10 Å². The molecule has 0 bridgehead atoms. The van der Waals surface area contributed by atoms with Crippen LogP contribution in [0.1, 0.15) is 12.8 Å². The minimum Gasteiger partial charge on any atom is -0.324 e. The molecule has 0 spiro atoms. The Balaban J connectivity index is 2.14. The van der Waals surface area contributed by atoms with Crippen molar-refractivity contribution in [1.29, 1.82) is 0 Å². The summed E-state index contributed by atoms with van der Waals surface area (Å²) in [5.41, 5.74) is 1.61. The van der Waals surface area contributed by atoms with Crippen LogP contribution in [0.5, 0.6) is 0 Å². The molecule has 0 aliphatic carbocycles. The maximum atomic E-state index is 11.5. The highest BCUT2D eigenvalue weighted by atomic mass is 35.5. The highest BCUT2D eigenvalue weighted by molar-refractivity contribution is 6.18. The normalized spacial score (nSPS) is 10.6. The molecular weight excluding hydrogens is 226 g/mol. The van der Waals surface area contributed by atoms with Crippen LogP contribution in [0.4, 0.5) is 5.69 Å². The van der Waals surface area contributed by atoms with E-state index in [0.717, 1.165) is 16.6 Å². The van der Waals surface area contributed by atoms with Gasteiger partial charge in [0.2, 0.25) is 5.91 Å². The molecule has 0 saturated heterocycles. The van der Waals surface area contributed by atoms with Crippen LogP contribution in [0, 0.1) is 0 Å². The largest absolute Gasteiger partial charge is 0.324 e. The molecule has 4 nitrogen and oxygen atoms in total. The number of aromatic nitrogens is 2. The highest BCUT2D eigenvalue weighted by Gasteiger charge is 2.06. The van der Waals surface area contributed by atoms with Crippen molar-refractivity contribution in [2.75, 3.05) is 11.2 Å². The highest BCUT2D eigenvalue weighted by Crippen LogP contribution is 2.20. The fraction of sp³-hybridized carbons (Fsp3) is 0.273. The molecule has 0 unspecified atom stereocenters. The summed E-state index contributed by atoms with van der Waals surface area (Å²) in [6, 6.07) is 5.67. The van der Waals surface area contributed by atoms with Crippen LogP contribution in [0.15, 0.2) is 24.4 Å². The van der Waals surface area contributed by atoms with E-state index in [1.165, 1.54) is 0 Å². The number of H-pyrrole nitrogens is 1. The van der Waals surface area contributed by atoms with Crippen molar-refractivity contribution in [2.45, 2.75) is 12.8 Å². The van der Waals surface area contributed by atoms with Crippen LogP contribution in [-0.2, 0) is 4.79 Å². The van der Waals surface area contributed by atoms with Gasteiger partial charge in [0.1, 0.15) is 0 Å². The molecule has 0 saturated carbocycles. The van der Waals surface area contributed by atoms with Gasteiger partial charge in [0.05, 0.1) is 17.4 Å². The van der Waals surface area contributed by atoms with Gasteiger partial charge in [-0.1, -0.05) is 12.1 Å². The van der Waals surface area contributed by atoms with Crippen molar-refractivity contribution in [3.8, 4) is 0 Å². The Bertz CT molecular complexity index is 495. The zero-order valence-electron chi connectivity index (χ0n) is 8.66. The molecule has 16 heavy (non-hydrogen) atoms. The third-order valence-corrected chi connectivity index (χ3v) is 2.56. The summed E-state index contributed by atoms with van der Waals surface area (Å²) in [6.07, 6.45) is 2.85. The van der Waals surface area contributed by atoms with Gasteiger partial charge < -0.3 is 5.32 Å². The lowest BCUT2D eigenvalue weighted by Gasteiger charge is -2.05. The van der Waals surface area contributed by atoms with Crippen molar-refractivity contribution in [1.82, 2.24) is 10.2 Å². The standard InChI is InChI=1S/C11H12ClN3O/c12-6-2-5-10(16)14-9-4-1-3-8-7-13-15-11(8)9/h1,3-4,7H,2,5-6H2,(H,13,15)(H,14,16). The smallest absolute Gasteiger partial charge is 0.224 e. The first-order valence-electron chi connectivity index (χ1n) is 5.09. The van der Waals surface area contributed by atoms with Crippen LogP contribution < -0.4 is 5.32 Å². The Morgan fingerprint density at radius 3 is 3.19 bits per heavy atom. The second kappa shape index (κ2) is 4.99. The molecule has 0 radical (unpaired) electrons. The quantitative estimate of drug-likeness (QED) is 0.803. The number of rotatable bonds is 4. The predicted molar refractivity (Wildman–Crippen MR) is 64.7 cm³/mol. The fourth-order valence-electron chi connectivity index (χ4n) is 1.51. The molecule has 84 valence electrons. The molecule has 2 rings (SSSR count). The van der Waals surface area contributed by atoms with E-state index in [1.807, 2.05) is 18.2 Å². The summed E-state index contributed by atoms with van der Waals surface area (Å²) in [7, 11) is 0. The van der Waals surface area contributed by atoms with Gasteiger partial charge in [0.25, 0.3) is 0 Å². The summed E-state index contributed by atoms with van der Waals surface area (Å²) >= 11 is 5.53. The monoisotopic (exact) mass is 237 g/mol. The van der Waals surface area contributed by atoms with E-state index >= 15 is 0 Å². The van der Waals surface area contributed by atoms with Crippen molar-refractivity contribution in [2.24, 2.45) is 0 Å². The first-order chi connectivity index (χ1) is 7.81. The van der Waals surface area contributed by atoms with Gasteiger partial charge in [-0.05, 0) is 12.5 Å². The Hall–Kier alpha value is -1.55. The van der Waals surface area contributed by atoms with Crippen molar-refractivity contribution in [3.63, 3.8) is 0 Å². The lowest BCUT2D eigenvalue weighted by Crippen LogP contribution is -2.11. The van der Waals surface area contributed by atoms with Crippen LogP contribution >= 0.6 is 11.6 Å².